The van der Waals surface area contributed by atoms with Gasteiger partial charge in [-0.2, -0.15) is 0 Å². The lowest BCUT2D eigenvalue weighted by Gasteiger charge is -2.33. The van der Waals surface area contributed by atoms with Gasteiger partial charge in [0.25, 0.3) is 0 Å². The molecule has 92 valence electrons. The summed E-state index contributed by atoms with van der Waals surface area (Å²) in [5.74, 6) is -2.06. The summed E-state index contributed by atoms with van der Waals surface area (Å²) in [6.07, 6.45) is 0. The molecule has 1 atom stereocenters. The minimum atomic E-state index is -1.74. The molecule has 1 N–H and O–H groups in total. The summed E-state index contributed by atoms with van der Waals surface area (Å²) in [5.41, 5.74) is -1.11. The molecule has 1 rings (SSSR count). The Morgan fingerprint density at radius 3 is 2.24 bits per heavy atom. The molecule has 0 aliphatic heterocycles. The number of likely N-dealkylation sites (N-methyl/N-ethyl adjacent to an activating group) is 1. The van der Waals surface area contributed by atoms with Crippen LogP contribution in [0.5, 0.6) is 0 Å². The third-order valence-corrected chi connectivity index (χ3v) is 2.81. The molecule has 0 amide bonds. The van der Waals surface area contributed by atoms with Gasteiger partial charge in [-0.3, -0.25) is 0 Å². The number of carbonyl (C=O) groups excluding carboxylic acids is 1. The number of hydrogen-bond donors (Lipinski definition) is 1. The number of nitrogens with zero attached hydrogens (tertiary/aromatic N) is 1. The standard InChI is InChI=1S/C12H15NO4/c1-12(10(14)15,11(16)17-3)13(2)9-7-5-4-6-8-9/h4-8H,1-3H3,(H,14,15)/t12-/m0/s1. The van der Waals surface area contributed by atoms with Crippen LogP contribution < -0.4 is 4.90 Å². The summed E-state index contributed by atoms with van der Waals surface area (Å²) in [6, 6.07) is 8.80. The first kappa shape index (κ1) is 13.0. The van der Waals surface area contributed by atoms with Crippen LogP contribution in [0.2, 0.25) is 0 Å². The molecule has 1 aromatic carbocycles. The molecule has 17 heavy (non-hydrogen) atoms. The maximum Gasteiger partial charge on any atom is 0.343 e. The van der Waals surface area contributed by atoms with Gasteiger partial charge in [0.1, 0.15) is 0 Å². The zero-order valence-corrected chi connectivity index (χ0v) is 10.0. The molecule has 0 spiro atoms. The minimum Gasteiger partial charge on any atom is -0.479 e. The van der Waals surface area contributed by atoms with Crippen LogP contribution in [0.4, 0.5) is 5.69 Å². The average molecular weight is 237 g/mol. The van der Waals surface area contributed by atoms with Gasteiger partial charge in [-0.1, -0.05) is 18.2 Å². The summed E-state index contributed by atoms with van der Waals surface area (Å²) in [6.45, 7) is 1.31. The molecule has 5 heteroatoms. The SMILES string of the molecule is COC(=O)[C@](C)(C(=O)O)N(C)c1ccccc1. The van der Waals surface area contributed by atoms with Crippen LogP contribution in [0.3, 0.4) is 0 Å². The van der Waals surface area contributed by atoms with Crippen molar-refractivity contribution in [1.29, 1.82) is 0 Å². The predicted molar refractivity (Wildman–Crippen MR) is 62.9 cm³/mol. The highest BCUT2D eigenvalue weighted by molar-refractivity contribution is 6.06. The molecule has 0 bridgehead atoms. The van der Waals surface area contributed by atoms with Crippen LogP contribution in [0.1, 0.15) is 6.92 Å². The molecular formula is C12H15NO4. The lowest BCUT2D eigenvalue weighted by atomic mass is 10.00. The van der Waals surface area contributed by atoms with Crippen LogP contribution in [0.25, 0.3) is 0 Å². The summed E-state index contributed by atoms with van der Waals surface area (Å²) < 4.78 is 4.56. The Morgan fingerprint density at radius 1 is 1.29 bits per heavy atom. The number of anilines is 1. The topological polar surface area (TPSA) is 66.8 Å². The highest BCUT2D eigenvalue weighted by Crippen LogP contribution is 2.23. The van der Waals surface area contributed by atoms with Crippen molar-refractivity contribution in [3.8, 4) is 0 Å². The van der Waals surface area contributed by atoms with Crippen molar-refractivity contribution in [2.75, 3.05) is 19.1 Å². The lowest BCUT2D eigenvalue weighted by molar-refractivity contribution is -0.158. The monoisotopic (exact) mass is 237 g/mol. The van der Waals surface area contributed by atoms with E-state index in [0.29, 0.717) is 5.69 Å². The third kappa shape index (κ3) is 2.22. The lowest BCUT2D eigenvalue weighted by Crippen LogP contribution is -2.57. The van der Waals surface area contributed by atoms with E-state index in [-0.39, 0.29) is 0 Å². The molecule has 0 saturated carbocycles. The van der Waals surface area contributed by atoms with E-state index in [1.165, 1.54) is 18.9 Å². The van der Waals surface area contributed by atoms with Gasteiger partial charge < -0.3 is 14.7 Å². The summed E-state index contributed by atoms with van der Waals surface area (Å²) >= 11 is 0. The Balaban J connectivity index is 3.17. The van der Waals surface area contributed by atoms with Gasteiger partial charge in [0.2, 0.25) is 5.54 Å². The van der Waals surface area contributed by atoms with E-state index in [4.69, 9.17) is 0 Å². The maximum absolute atomic E-state index is 11.6. The molecule has 0 aliphatic rings. The van der Waals surface area contributed by atoms with Crippen LogP contribution >= 0.6 is 0 Å². The molecule has 0 heterocycles. The van der Waals surface area contributed by atoms with E-state index >= 15 is 0 Å². The first-order valence-corrected chi connectivity index (χ1v) is 5.05. The predicted octanol–water partition coefficient (Wildman–Crippen LogP) is 1.14. The van der Waals surface area contributed by atoms with Crippen molar-refractivity contribution in [2.24, 2.45) is 0 Å². The normalized spacial score (nSPS) is 13.6. The number of carbonyl (C=O) groups is 2. The van der Waals surface area contributed by atoms with Crippen molar-refractivity contribution in [3.05, 3.63) is 30.3 Å². The smallest absolute Gasteiger partial charge is 0.343 e. The second-order valence-electron chi connectivity index (χ2n) is 3.76. The largest absolute Gasteiger partial charge is 0.479 e. The zero-order valence-electron chi connectivity index (χ0n) is 10.0. The van der Waals surface area contributed by atoms with E-state index in [1.54, 1.807) is 31.3 Å². The summed E-state index contributed by atoms with van der Waals surface area (Å²) in [4.78, 5) is 24.3. The zero-order chi connectivity index (χ0) is 13.1. The van der Waals surface area contributed by atoms with Gasteiger partial charge in [-0.15, -0.1) is 0 Å². The van der Waals surface area contributed by atoms with Crippen LogP contribution in [0, 0.1) is 0 Å². The van der Waals surface area contributed by atoms with Crippen molar-refractivity contribution >= 4 is 17.6 Å². The number of methoxy groups -OCH3 is 1. The van der Waals surface area contributed by atoms with Crippen LogP contribution in [-0.2, 0) is 14.3 Å². The second-order valence-corrected chi connectivity index (χ2v) is 3.76. The van der Waals surface area contributed by atoms with E-state index in [9.17, 15) is 14.7 Å². The van der Waals surface area contributed by atoms with Gasteiger partial charge in [0.15, 0.2) is 0 Å². The van der Waals surface area contributed by atoms with Gasteiger partial charge in [-0.05, 0) is 19.1 Å². The first-order valence-electron chi connectivity index (χ1n) is 5.05. The number of carboxylic acids is 1. The van der Waals surface area contributed by atoms with Crippen molar-refractivity contribution in [3.63, 3.8) is 0 Å². The van der Waals surface area contributed by atoms with Gasteiger partial charge in [0, 0.05) is 12.7 Å². The summed E-state index contributed by atoms with van der Waals surface area (Å²) in [7, 11) is 2.71. The number of carboxylic acid groups (broad SMARTS) is 1. The summed E-state index contributed by atoms with van der Waals surface area (Å²) in [5, 5.41) is 9.22. The number of rotatable bonds is 4. The number of esters is 1. The Morgan fingerprint density at radius 2 is 1.82 bits per heavy atom. The fourth-order valence-electron chi connectivity index (χ4n) is 1.48. The molecule has 0 aliphatic carbocycles. The van der Waals surface area contributed by atoms with Gasteiger partial charge in [0.05, 0.1) is 7.11 Å². The number of benzene rings is 1. The fourth-order valence-corrected chi connectivity index (χ4v) is 1.48. The Bertz CT molecular complexity index is 418. The fraction of sp³-hybridized carbons (Fsp3) is 0.333. The van der Waals surface area contributed by atoms with Crippen molar-refractivity contribution in [2.45, 2.75) is 12.5 Å². The number of hydrogen-bond acceptors (Lipinski definition) is 4. The van der Waals surface area contributed by atoms with Crippen LogP contribution in [-0.4, -0.2) is 36.7 Å². The van der Waals surface area contributed by atoms with E-state index < -0.39 is 17.5 Å². The van der Waals surface area contributed by atoms with Crippen molar-refractivity contribution < 1.29 is 19.4 Å². The maximum atomic E-state index is 11.6. The molecule has 0 unspecified atom stereocenters. The average Bonchev–Trinajstić information content (AvgIpc) is 2.36. The molecule has 5 nitrogen and oxygen atoms in total. The minimum absolute atomic E-state index is 0.628. The second kappa shape index (κ2) is 4.86. The van der Waals surface area contributed by atoms with E-state index in [1.807, 2.05) is 6.07 Å². The molecule has 0 fully saturated rings. The number of ether oxygens (including phenoxy) is 1. The Labute approximate surface area is 99.6 Å². The quantitative estimate of drug-likeness (QED) is 0.628. The highest BCUT2D eigenvalue weighted by Gasteiger charge is 2.46. The molecule has 0 aromatic heterocycles. The number of aliphatic carboxylic acids is 1. The van der Waals surface area contributed by atoms with Crippen molar-refractivity contribution in [1.82, 2.24) is 0 Å². The first-order chi connectivity index (χ1) is 7.94. The Hall–Kier alpha value is -2.04. The van der Waals surface area contributed by atoms with E-state index in [0.717, 1.165) is 0 Å². The van der Waals surface area contributed by atoms with Gasteiger partial charge in [-0.25, -0.2) is 9.59 Å². The molecular weight excluding hydrogens is 222 g/mol. The molecule has 0 saturated heterocycles. The number of para-hydroxylation sites is 1. The van der Waals surface area contributed by atoms with Crippen LogP contribution in [0.15, 0.2) is 30.3 Å². The highest BCUT2D eigenvalue weighted by atomic mass is 16.5. The molecule has 1 aromatic rings. The Kier molecular flexibility index (Phi) is 3.73. The van der Waals surface area contributed by atoms with Gasteiger partial charge >= 0.3 is 11.9 Å². The van der Waals surface area contributed by atoms with E-state index in [2.05, 4.69) is 4.74 Å². The third-order valence-electron chi connectivity index (χ3n) is 2.81. The molecule has 0 radical (unpaired) electrons.